The fraction of sp³-hybridized carbons (Fsp3) is 0.188. The third kappa shape index (κ3) is 3.46. The van der Waals surface area contributed by atoms with Crippen molar-refractivity contribution < 1.29 is 17.9 Å². The Labute approximate surface area is 130 Å². The Kier molecular flexibility index (Phi) is 4.82. The highest BCUT2D eigenvalue weighted by molar-refractivity contribution is 7.92. The van der Waals surface area contributed by atoms with E-state index < -0.39 is 16.0 Å². The van der Waals surface area contributed by atoms with Crippen LogP contribution in [0.5, 0.6) is 0 Å². The van der Waals surface area contributed by atoms with Crippen molar-refractivity contribution in [3.63, 3.8) is 0 Å². The Hall–Kier alpha value is -2.34. The average molecular weight is 319 g/mol. The molecule has 0 heterocycles. The van der Waals surface area contributed by atoms with E-state index in [0.717, 1.165) is 0 Å². The van der Waals surface area contributed by atoms with Crippen LogP contribution in [-0.4, -0.2) is 21.0 Å². The first kappa shape index (κ1) is 16.0. The van der Waals surface area contributed by atoms with Gasteiger partial charge in [-0.3, -0.25) is 4.72 Å². The lowest BCUT2D eigenvalue weighted by atomic mass is 10.1. The molecule has 6 heteroatoms. The molecule has 2 aromatic carbocycles. The maximum atomic E-state index is 12.3. The van der Waals surface area contributed by atoms with Crippen LogP contribution >= 0.6 is 0 Å². The highest BCUT2D eigenvalue weighted by Crippen LogP contribution is 2.23. The molecule has 0 saturated heterocycles. The van der Waals surface area contributed by atoms with Crippen LogP contribution in [-0.2, 0) is 14.8 Å². The van der Waals surface area contributed by atoms with E-state index in [4.69, 9.17) is 4.74 Å². The molecule has 0 unspecified atom stereocenters. The second-order valence-corrected chi connectivity index (χ2v) is 6.30. The predicted octanol–water partition coefficient (Wildman–Crippen LogP) is 2.97. The number of sulfonamides is 1. The summed E-state index contributed by atoms with van der Waals surface area (Å²) < 4.78 is 32.1. The summed E-state index contributed by atoms with van der Waals surface area (Å²) in [6.07, 6.45) is 0. The number of rotatable bonds is 5. The van der Waals surface area contributed by atoms with Gasteiger partial charge in [0.05, 0.1) is 22.8 Å². The number of carbonyl (C=O) groups excluding carboxylic acids is 1. The minimum absolute atomic E-state index is 0.163. The van der Waals surface area contributed by atoms with E-state index in [9.17, 15) is 13.2 Å². The van der Waals surface area contributed by atoms with Gasteiger partial charge in [0.2, 0.25) is 0 Å². The van der Waals surface area contributed by atoms with E-state index in [-0.39, 0.29) is 11.5 Å². The van der Waals surface area contributed by atoms with E-state index in [1.165, 1.54) is 12.1 Å². The summed E-state index contributed by atoms with van der Waals surface area (Å²) >= 11 is 0. The molecule has 0 radical (unpaired) electrons. The minimum atomic E-state index is -3.69. The summed E-state index contributed by atoms with van der Waals surface area (Å²) in [6.45, 7) is 3.66. The second kappa shape index (κ2) is 6.62. The van der Waals surface area contributed by atoms with Gasteiger partial charge in [-0.05, 0) is 43.7 Å². The monoisotopic (exact) mass is 319 g/mol. The summed E-state index contributed by atoms with van der Waals surface area (Å²) in [5.74, 6) is -0.472. The van der Waals surface area contributed by atoms with Crippen LogP contribution in [0.25, 0.3) is 0 Å². The van der Waals surface area contributed by atoms with E-state index in [1.54, 1.807) is 50.2 Å². The maximum absolute atomic E-state index is 12.3. The standard InChI is InChI=1S/C16H17NO4S/c1-3-21-16(18)14-10-7-11-15(12(14)2)17-22(19,20)13-8-5-4-6-9-13/h4-11,17H,3H2,1-2H3. The van der Waals surface area contributed by atoms with E-state index in [0.29, 0.717) is 16.8 Å². The normalized spacial score (nSPS) is 11.0. The van der Waals surface area contributed by atoms with Crippen LogP contribution in [0, 0.1) is 6.92 Å². The zero-order valence-corrected chi connectivity index (χ0v) is 13.2. The van der Waals surface area contributed by atoms with Gasteiger partial charge in [-0.25, -0.2) is 13.2 Å². The van der Waals surface area contributed by atoms with Crippen molar-refractivity contribution in [1.29, 1.82) is 0 Å². The lowest BCUT2D eigenvalue weighted by Crippen LogP contribution is -2.15. The summed E-state index contributed by atoms with van der Waals surface area (Å²) in [7, 11) is -3.69. The second-order valence-electron chi connectivity index (χ2n) is 4.62. The smallest absolute Gasteiger partial charge is 0.338 e. The molecule has 1 N–H and O–H groups in total. The number of anilines is 1. The number of benzene rings is 2. The summed E-state index contributed by atoms with van der Waals surface area (Å²) in [5, 5.41) is 0. The summed E-state index contributed by atoms with van der Waals surface area (Å²) in [4.78, 5) is 12.0. The zero-order chi connectivity index (χ0) is 16.2. The Morgan fingerprint density at radius 2 is 1.77 bits per heavy atom. The molecule has 5 nitrogen and oxygen atoms in total. The molecule has 22 heavy (non-hydrogen) atoms. The van der Waals surface area contributed by atoms with Crippen molar-refractivity contribution >= 4 is 21.7 Å². The van der Waals surface area contributed by atoms with Gasteiger partial charge in [0, 0.05) is 0 Å². The molecule has 2 aromatic rings. The fourth-order valence-corrected chi connectivity index (χ4v) is 3.12. The minimum Gasteiger partial charge on any atom is -0.462 e. The van der Waals surface area contributed by atoms with Gasteiger partial charge in [-0.15, -0.1) is 0 Å². The largest absolute Gasteiger partial charge is 0.462 e. The van der Waals surface area contributed by atoms with Gasteiger partial charge in [-0.1, -0.05) is 24.3 Å². The molecule has 116 valence electrons. The van der Waals surface area contributed by atoms with E-state index in [1.807, 2.05) is 0 Å². The third-order valence-electron chi connectivity index (χ3n) is 3.13. The van der Waals surface area contributed by atoms with Gasteiger partial charge in [-0.2, -0.15) is 0 Å². The van der Waals surface area contributed by atoms with Gasteiger partial charge in [0.25, 0.3) is 10.0 Å². The van der Waals surface area contributed by atoms with Gasteiger partial charge in [0.15, 0.2) is 0 Å². The number of hydrogen-bond acceptors (Lipinski definition) is 4. The number of hydrogen-bond donors (Lipinski definition) is 1. The van der Waals surface area contributed by atoms with E-state index in [2.05, 4.69) is 4.72 Å². The molecule has 0 aliphatic rings. The van der Waals surface area contributed by atoms with E-state index >= 15 is 0 Å². The fourth-order valence-electron chi connectivity index (χ4n) is 1.98. The maximum Gasteiger partial charge on any atom is 0.338 e. The van der Waals surface area contributed by atoms with Crippen molar-refractivity contribution in [2.75, 3.05) is 11.3 Å². The molecule has 0 saturated carbocycles. The topological polar surface area (TPSA) is 72.5 Å². The lowest BCUT2D eigenvalue weighted by Gasteiger charge is -2.13. The highest BCUT2D eigenvalue weighted by atomic mass is 32.2. The zero-order valence-electron chi connectivity index (χ0n) is 12.4. The first-order chi connectivity index (χ1) is 10.5. The summed E-state index contributed by atoms with van der Waals surface area (Å²) in [6, 6.07) is 12.9. The molecule has 2 rings (SSSR count). The molecule has 0 bridgehead atoms. The van der Waals surface area contributed by atoms with Gasteiger partial charge in [0.1, 0.15) is 0 Å². The quantitative estimate of drug-likeness (QED) is 0.860. The van der Waals surface area contributed by atoms with Crippen molar-refractivity contribution in [3.8, 4) is 0 Å². The van der Waals surface area contributed by atoms with Crippen LogP contribution in [0.2, 0.25) is 0 Å². The molecular formula is C16H17NO4S. The molecule has 0 atom stereocenters. The third-order valence-corrected chi connectivity index (χ3v) is 4.51. The summed E-state index contributed by atoms with van der Waals surface area (Å²) in [5.41, 5.74) is 1.23. The van der Waals surface area contributed by atoms with Crippen LogP contribution < -0.4 is 4.72 Å². The van der Waals surface area contributed by atoms with Crippen molar-refractivity contribution in [3.05, 3.63) is 59.7 Å². The molecule has 0 aliphatic carbocycles. The number of carbonyl (C=O) groups is 1. The molecule has 0 fully saturated rings. The highest BCUT2D eigenvalue weighted by Gasteiger charge is 2.18. The predicted molar refractivity (Wildman–Crippen MR) is 84.4 cm³/mol. The molecule has 0 aromatic heterocycles. The van der Waals surface area contributed by atoms with Crippen molar-refractivity contribution in [2.45, 2.75) is 18.7 Å². The Morgan fingerprint density at radius 1 is 1.09 bits per heavy atom. The Balaban J connectivity index is 2.35. The van der Waals surface area contributed by atoms with Gasteiger partial charge < -0.3 is 4.74 Å². The lowest BCUT2D eigenvalue weighted by molar-refractivity contribution is 0.0525. The molecule has 0 amide bonds. The number of esters is 1. The van der Waals surface area contributed by atoms with Crippen molar-refractivity contribution in [2.24, 2.45) is 0 Å². The molecule has 0 spiro atoms. The number of nitrogens with one attached hydrogen (secondary N) is 1. The van der Waals surface area contributed by atoms with Crippen LogP contribution in [0.4, 0.5) is 5.69 Å². The van der Waals surface area contributed by atoms with Crippen LogP contribution in [0.15, 0.2) is 53.4 Å². The SMILES string of the molecule is CCOC(=O)c1cccc(NS(=O)(=O)c2ccccc2)c1C. The number of ether oxygens (including phenoxy) is 1. The van der Waals surface area contributed by atoms with Crippen molar-refractivity contribution in [1.82, 2.24) is 0 Å². The molecular weight excluding hydrogens is 302 g/mol. The van der Waals surface area contributed by atoms with Crippen LogP contribution in [0.1, 0.15) is 22.8 Å². The first-order valence-corrected chi connectivity index (χ1v) is 8.28. The van der Waals surface area contributed by atoms with Crippen LogP contribution in [0.3, 0.4) is 0 Å². The Morgan fingerprint density at radius 3 is 2.41 bits per heavy atom. The van der Waals surface area contributed by atoms with Gasteiger partial charge >= 0.3 is 5.97 Å². The Bertz CT molecular complexity index is 770. The average Bonchev–Trinajstić information content (AvgIpc) is 2.50. The first-order valence-electron chi connectivity index (χ1n) is 6.80. The molecule has 0 aliphatic heterocycles.